The van der Waals surface area contributed by atoms with Crippen LogP contribution in [0.3, 0.4) is 0 Å². The number of aldehydes is 1. The van der Waals surface area contributed by atoms with Crippen LogP contribution in [0.2, 0.25) is 0 Å². The van der Waals surface area contributed by atoms with E-state index in [9.17, 15) is 9.59 Å². The molecule has 42 heavy (non-hydrogen) atoms. The first kappa shape index (κ1) is 26.6. The molecule has 2 aromatic carbocycles. The highest BCUT2D eigenvalue weighted by atomic mass is 16.2. The number of H-pyrrole nitrogens is 1. The summed E-state index contributed by atoms with van der Waals surface area (Å²) in [5, 5.41) is 9.48. The fourth-order valence-corrected chi connectivity index (χ4v) is 6.76. The van der Waals surface area contributed by atoms with Gasteiger partial charge in [0.05, 0.1) is 11.7 Å². The van der Waals surface area contributed by atoms with Gasteiger partial charge in [0, 0.05) is 60.8 Å². The lowest BCUT2D eigenvalue weighted by atomic mass is 9.89. The zero-order valence-electron chi connectivity index (χ0n) is 24.0. The Kier molecular flexibility index (Phi) is 7.07. The molecule has 0 radical (unpaired) electrons. The summed E-state index contributed by atoms with van der Waals surface area (Å²) in [6.45, 7) is 4.30. The third-order valence-electron chi connectivity index (χ3n) is 9.40. The molecular weight excluding hydrogens is 524 g/mol. The molecule has 2 saturated heterocycles. The summed E-state index contributed by atoms with van der Waals surface area (Å²) in [6, 6.07) is 19.1. The SMILES string of the molecule is Cn1c(CN2CCC(c3ccc(C(=O)N4CCC(C=O)CC4)cc3)CC2)cc2c(-c3ccc4[nH]ncc4c3)ccnc21. The maximum absolute atomic E-state index is 13.0. The van der Waals surface area contributed by atoms with Crippen LogP contribution in [0.25, 0.3) is 33.1 Å². The van der Waals surface area contributed by atoms with Crippen molar-refractivity contribution >= 4 is 34.1 Å². The Balaban J connectivity index is 1.000. The number of pyridine rings is 1. The normalized spacial score (nSPS) is 17.3. The molecular formula is C34H36N6O2. The number of benzene rings is 2. The molecule has 0 aliphatic carbocycles. The van der Waals surface area contributed by atoms with Crippen LogP contribution in [0.1, 0.15) is 53.2 Å². The average molecular weight is 561 g/mol. The lowest BCUT2D eigenvalue weighted by Crippen LogP contribution is -2.38. The molecule has 2 aliphatic rings. The molecule has 1 N–H and O–H groups in total. The van der Waals surface area contributed by atoms with Crippen LogP contribution >= 0.6 is 0 Å². The van der Waals surface area contributed by atoms with Gasteiger partial charge in [-0.2, -0.15) is 5.10 Å². The molecule has 0 unspecified atom stereocenters. The Morgan fingerprint density at radius 1 is 0.976 bits per heavy atom. The Morgan fingerprint density at radius 3 is 2.52 bits per heavy atom. The number of aryl methyl sites for hydroxylation is 1. The van der Waals surface area contributed by atoms with E-state index < -0.39 is 0 Å². The van der Waals surface area contributed by atoms with Gasteiger partial charge in [0.15, 0.2) is 0 Å². The van der Waals surface area contributed by atoms with E-state index in [1.54, 1.807) is 0 Å². The Labute approximate surface area is 245 Å². The summed E-state index contributed by atoms with van der Waals surface area (Å²) in [4.78, 5) is 33.1. The van der Waals surface area contributed by atoms with Gasteiger partial charge in [0.1, 0.15) is 11.9 Å². The van der Waals surface area contributed by atoms with Gasteiger partial charge in [-0.05, 0) is 97.8 Å². The van der Waals surface area contributed by atoms with Crippen molar-refractivity contribution in [3.63, 3.8) is 0 Å². The summed E-state index contributed by atoms with van der Waals surface area (Å²) in [5.74, 6) is 0.684. The molecule has 1 amide bonds. The number of likely N-dealkylation sites (tertiary alicyclic amines) is 2. The number of rotatable bonds is 6. The second kappa shape index (κ2) is 11.2. The van der Waals surface area contributed by atoms with Crippen molar-refractivity contribution in [2.45, 2.75) is 38.1 Å². The third-order valence-corrected chi connectivity index (χ3v) is 9.40. The minimum Gasteiger partial charge on any atom is -0.339 e. The molecule has 5 aromatic rings. The van der Waals surface area contributed by atoms with E-state index in [1.165, 1.54) is 27.8 Å². The first-order valence-electron chi connectivity index (χ1n) is 15.0. The number of hydrogen-bond acceptors (Lipinski definition) is 5. The van der Waals surface area contributed by atoms with Crippen LogP contribution in [0.5, 0.6) is 0 Å². The number of piperidine rings is 2. The molecule has 2 fully saturated rings. The number of carbonyl (C=O) groups excluding carboxylic acids is 2. The minimum absolute atomic E-state index is 0.0790. The first-order chi connectivity index (χ1) is 20.6. The van der Waals surface area contributed by atoms with Crippen LogP contribution in [-0.2, 0) is 18.4 Å². The van der Waals surface area contributed by atoms with Gasteiger partial charge in [-0.3, -0.25) is 14.8 Å². The summed E-state index contributed by atoms with van der Waals surface area (Å²) in [5.41, 5.74) is 7.74. The fourth-order valence-electron chi connectivity index (χ4n) is 6.76. The van der Waals surface area contributed by atoms with Gasteiger partial charge in [0.2, 0.25) is 0 Å². The van der Waals surface area contributed by atoms with E-state index in [-0.39, 0.29) is 11.8 Å². The predicted molar refractivity (Wildman–Crippen MR) is 164 cm³/mol. The van der Waals surface area contributed by atoms with Gasteiger partial charge >= 0.3 is 0 Å². The summed E-state index contributed by atoms with van der Waals surface area (Å²) < 4.78 is 2.23. The largest absolute Gasteiger partial charge is 0.339 e. The van der Waals surface area contributed by atoms with E-state index >= 15 is 0 Å². The van der Waals surface area contributed by atoms with Crippen LogP contribution in [-0.4, -0.2) is 67.9 Å². The zero-order chi connectivity index (χ0) is 28.6. The van der Waals surface area contributed by atoms with Crippen molar-refractivity contribution in [3.05, 3.63) is 83.8 Å². The number of nitrogens with one attached hydrogen (secondary N) is 1. The van der Waals surface area contributed by atoms with Crippen LogP contribution in [0, 0.1) is 5.92 Å². The lowest BCUT2D eigenvalue weighted by Gasteiger charge is -2.32. The molecule has 0 bridgehead atoms. The van der Waals surface area contributed by atoms with Crippen LogP contribution in [0.15, 0.2) is 67.0 Å². The molecule has 0 spiro atoms. The molecule has 5 heterocycles. The van der Waals surface area contributed by atoms with E-state index in [2.05, 4.69) is 69.2 Å². The van der Waals surface area contributed by atoms with Crippen molar-refractivity contribution in [3.8, 4) is 11.1 Å². The molecule has 0 saturated carbocycles. The Morgan fingerprint density at radius 2 is 1.76 bits per heavy atom. The highest BCUT2D eigenvalue weighted by Gasteiger charge is 2.25. The summed E-state index contributed by atoms with van der Waals surface area (Å²) in [7, 11) is 2.12. The second-order valence-corrected chi connectivity index (χ2v) is 11.9. The van der Waals surface area contributed by atoms with E-state index in [0.29, 0.717) is 19.0 Å². The first-order valence-corrected chi connectivity index (χ1v) is 15.0. The van der Waals surface area contributed by atoms with Crippen molar-refractivity contribution in [1.82, 2.24) is 29.5 Å². The third kappa shape index (κ3) is 5.00. The number of aromatic nitrogens is 4. The standard InChI is InChI=1S/C34H36N6O2/c1-38-29(19-31-30(8-13-35-33(31)38)27-6-7-32-28(18-27)20-36-37-32)21-39-14-11-25(12-15-39)24-2-4-26(5-3-24)34(42)40-16-9-23(22-41)10-17-40/h2-8,13,18-20,22-23,25H,9-12,14-17,21H2,1H3,(H,36,37). The molecule has 3 aromatic heterocycles. The van der Waals surface area contributed by atoms with Crippen molar-refractivity contribution in [2.24, 2.45) is 13.0 Å². The smallest absolute Gasteiger partial charge is 0.253 e. The number of aromatic amines is 1. The molecule has 0 atom stereocenters. The number of fused-ring (bicyclic) bond motifs is 2. The summed E-state index contributed by atoms with van der Waals surface area (Å²) in [6.07, 6.45) is 8.54. The number of carbonyl (C=O) groups is 2. The second-order valence-electron chi connectivity index (χ2n) is 11.9. The minimum atomic E-state index is 0.0790. The average Bonchev–Trinajstić information content (AvgIpc) is 3.65. The molecule has 7 rings (SSSR count). The topological polar surface area (TPSA) is 87.1 Å². The lowest BCUT2D eigenvalue weighted by molar-refractivity contribution is -0.112. The van der Waals surface area contributed by atoms with Crippen molar-refractivity contribution in [2.75, 3.05) is 26.2 Å². The molecule has 214 valence electrons. The van der Waals surface area contributed by atoms with Crippen molar-refractivity contribution in [1.29, 1.82) is 0 Å². The molecule has 8 heteroatoms. The summed E-state index contributed by atoms with van der Waals surface area (Å²) >= 11 is 0. The quantitative estimate of drug-likeness (QED) is 0.275. The maximum Gasteiger partial charge on any atom is 0.253 e. The van der Waals surface area contributed by atoms with Crippen LogP contribution in [0.4, 0.5) is 0 Å². The number of nitrogens with zero attached hydrogens (tertiary/aromatic N) is 5. The fraction of sp³-hybridized carbons (Fsp3) is 0.353. The molecule has 8 nitrogen and oxygen atoms in total. The number of hydrogen-bond donors (Lipinski definition) is 1. The van der Waals surface area contributed by atoms with Crippen molar-refractivity contribution < 1.29 is 9.59 Å². The molecule has 2 aliphatic heterocycles. The Bertz CT molecular complexity index is 1740. The maximum atomic E-state index is 13.0. The van der Waals surface area contributed by atoms with Gasteiger partial charge in [-0.25, -0.2) is 4.98 Å². The van der Waals surface area contributed by atoms with Crippen LogP contribution < -0.4 is 0 Å². The van der Waals surface area contributed by atoms with Gasteiger partial charge in [-0.15, -0.1) is 0 Å². The highest BCUT2D eigenvalue weighted by Crippen LogP contribution is 2.33. The number of amides is 1. The predicted octanol–water partition coefficient (Wildman–Crippen LogP) is 5.55. The van der Waals surface area contributed by atoms with E-state index in [4.69, 9.17) is 4.98 Å². The Hall–Kier alpha value is -4.30. The van der Waals surface area contributed by atoms with Gasteiger partial charge in [0.25, 0.3) is 5.91 Å². The van der Waals surface area contributed by atoms with Gasteiger partial charge in [-0.1, -0.05) is 18.2 Å². The van der Waals surface area contributed by atoms with Gasteiger partial charge < -0.3 is 14.3 Å². The zero-order valence-corrected chi connectivity index (χ0v) is 24.0. The monoisotopic (exact) mass is 560 g/mol. The highest BCUT2D eigenvalue weighted by molar-refractivity contribution is 5.96. The van der Waals surface area contributed by atoms with E-state index in [0.717, 1.165) is 73.7 Å². The van der Waals surface area contributed by atoms with E-state index in [1.807, 2.05) is 29.4 Å².